The summed E-state index contributed by atoms with van der Waals surface area (Å²) in [6.07, 6.45) is 6.23. The van der Waals surface area contributed by atoms with Gasteiger partial charge >= 0.3 is 0 Å². The van der Waals surface area contributed by atoms with Gasteiger partial charge in [-0.2, -0.15) is 5.10 Å². The number of fused-ring (bicyclic) bond motifs is 1. The molecule has 4 aromatic rings. The zero-order chi connectivity index (χ0) is 18.1. The molecule has 0 aliphatic carbocycles. The van der Waals surface area contributed by atoms with Gasteiger partial charge in [0.05, 0.1) is 15.7 Å². The number of halogens is 2. The third kappa shape index (κ3) is 3.09. The minimum atomic E-state index is 0.216. The van der Waals surface area contributed by atoms with E-state index in [1.54, 1.807) is 23.4 Å². The summed E-state index contributed by atoms with van der Waals surface area (Å²) in [6.45, 7) is 2.14. The number of hydrogen-bond acceptors (Lipinski definition) is 5. The summed E-state index contributed by atoms with van der Waals surface area (Å²) in [4.78, 5) is 12.6. The van der Waals surface area contributed by atoms with Crippen molar-refractivity contribution in [3.05, 3.63) is 70.6 Å². The zero-order valence-electron chi connectivity index (χ0n) is 13.7. The molecule has 0 spiro atoms. The van der Waals surface area contributed by atoms with E-state index in [0.29, 0.717) is 21.4 Å². The highest BCUT2D eigenvalue weighted by atomic mass is 35.5. The molecule has 130 valence electrons. The van der Waals surface area contributed by atoms with E-state index in [9.17, 15) is 0 Å². The van der Waals surface area contributed by atoms with Crippen molar-refractivity contribution >= 4 is 34.1 Å². The van der Waals surface area contributed by atoms with Gasteiger partial charge in [0.25, 0.3) is 0 Å². The Hall–Kier alpha value is -2.70. The predicted octanol–water partition coefficient (Wildman–Crippen LogP) is 4.40. The summed E-state index contributed by atoms with van der Waals surface area (Å²) in [6, 6.07) is 7.70. The van der Waals surface area contributed by atoms with Crippen molar-refractivity contribution in [3.63, 3.8) is 0 Å². The van der Waals surface area contributed by atoms with Crippen LogP contribution in [0.5, 0.6) is 5.75 Å². The minimum absolute atomic E-state index is 0.216. The Balaban J connectivity index is 1.77. The largest absolute Gasteiger partial charge is 0.487 e. The summed E-state index contributed by atoms with van der Waals surface area (Å²) in [5.74, 6) is 0.636. The number of aryl methyl sites for hydroxylation is 1. The number of ether oxygens (including phenoxy) is 1. The molecule has 0 radical (unpaired) electrons. The van der Waals surface area contributed by atoms with E-state index in [0.717, 1.165) is 22.3 Å². The molecule has 8 heteroatoms. The lowest BCUT2D eigenvalue weighted by Gasteiger charge is -2.13. The number of nitrogens with zero attached hydrogens (tertiary/aromatic N) is 5. The third-order valence-electron chi connectivity index (χ3n) is 3.90. The second kappa shape index (κ2) is 6.90. The van der Waals surface area contributed by atoms with E-state index in [1.807, 2.05) is 31.2 Å². The third-order valence-corrected chi connectivity index (χ3v) is 4.55. The number of para-hydroxylation sites is 1. The quantitative estimate of drug-likeness (QED) is 0.520. The Morgan fingerprint density at radius 2 is 1.92 bits per heavy atom. The highest BCUT2D eigenvalue weighted by Crippen LogP contribution is 2.31. The van der Waals surface area contributed by atoms with Gasteiger partial charge in [-0.05, 0) is 19.1 Å². The van der Waals surface area contributed by atoms with E-state index in [-0.39, 0.29) is 6.61 Å². The Kier molecular flexibility index (Phi) is 4.44. The average molecular weight is 386 g/mol. The van der Waals surface area contributed by atoms with Crippen LogP contribution >= 0.6 is 23.2 Å². The van der Waals surface area contributed by atoms with Gasteiger partial charge in [-0.15, -0.1) is 0 Å². The molecule has 0 aliphatic heterocycles. The van der Waals surface area contributed by atoms with Crippen LogP contribution in [0.1, 0.15) is 11.3 Å². The van der Waals surface area contributed by atoms with Crippen LogP contribution in [-0.2, 0) is 6.61 Å². The molecule has 0 fully saturated rings. The van der Waals surface area contributed by atoms with Crippen molar-refractivity contribution in [3.8, 4) is 11.4 Å². The lowest BCUT2D eigenvalue weighted by Crippen LogP contribution is -2.02. The minimum Gasteiger partial charge on any atom is -0.487 e. The summed E-state index contributed by atoms with van der Waals surface area (Å²) in [5, 5.41) is 6.05. The van der Waals surface area contributed by atoms with Gasteiger partial charge in [-0.1, -0.05) is 35.3 Å². The van der Waals surface area contributed by atoms with E-state index in [1.165, 1.54) is 6.33 Å². The smallest absolute Gasteiger partial charge is 0.146 e. The van der Waals surface area contributed by atoms with Crippen molar-refractivity contribution in [1.29, 1.82) is 0 Å². The number of pyridine rings is 2. The van der Waals surface area contributed by atoms with Crippen LogP contribution in [0.2, 0.25) is 10.0 Å². The molecule has 0 N–H and O–H groups in total. The predicted molar refractivity (Wildman–Crippen MR) is 100.0 cm³/mol. The van der Waals surface area contributed by atoms with E-state index >= 15 is 0 Å². The molecule has 0 saturated carbocycles. The maximum absolute atomic E-state index is 6.17. The fourth-order valence-electron chi connectivity index (χ4n) is 2.69. The maximum atomic E-state index is 6.17. The molecule has 3 heterocycles. The first kappa shape index (κ1) is 16.8. The van der Waals surface area contributed by atoms with Crippen molar-refractivity contribution in [2.24, 2.45) is 0 Å². The van der Waals surface area contributed by atoms with Crippen LogP contribution in [-0.4, -0.2) is 24.7 Å². The maximum Gasteiger partial charge on any atom is 0.146 e. The van der Waals surface area contributed by atoms with Gasteiger partial charge in [0, 0.05) is 29.0 Å². The number of aromatic nitrogens is 5. The number of hydrogen-bond donors (Lipinski definition) is 0. The first-order valence-electron chi connectivity index (χ1n) is 7.79. The normalized spacial score (nSPS) is 11.0. The molecule has 0 saturated heterocycles. The van der Waals surface area contributed by atoms with Crippen LogP contribution < -0.4 is 4.74 Å². The van der Waals surface area contributed by atoms with Crippen LogP contribution in [0.15, 0.2) is 49.3 Å². The van der Waals surface area contributed by atoms with Crippen LogP contribution in [0.3, 0.4) is 0 Å². The number of rotatable bonds is 4. The zero-order valence-corrected chi connectivity index (χ0v) is 15.2. The molecule has 0 unspecified atom stereocenters. The highest BCUT2D eigenvalue weighted by molar-refractivity contribution is 6.35. The van der Waals surface area contributed by atoms with Gasteiger partial charge in [-0.3, -0.25) is 4.98 Å². The van der Waals surface area contributed by atoms with Gasteiger partial charge in [0.15, 0.2) is 0 Å². The lowest BCUT2D eigenvalue weighted by atomic mass is 10.1. The Morgan fingerprint density at radius 3 is 2.65 bits per heavy atom. The molecule has 3 aromatic heterocycles. The van der Waals surface area contributed by atoms with Crippen LogP contribution in [0, 0.1) is 6.92 Å². The molecule has 0 aliphatic rings. The Labute approximate surface area is 159 Å². The summed E-state index contributed by atoms with van der Waals surface area (Å²) in [5.41, 5.74) is 3.15. The monoisotopic (exact) mass is 385 g/mol. The van der Waals surface area contributed by atoms with Gasteiger partial charge in [0.2, 0.25) is 0 Å². The van der Waals surface area contributed by atoms with E-state index in [4.69, 9.17) is 27.9 Å². The van der Waals surface area contributed by atoms with Gasteiger partial charge < -0.3 is 4.74 Å². The van der Waals surface area contributed by atoms with E-state index in [2.05, 4.69) is 20.1 Å². The van der Waals surface area contributed by atoms with Crippen LogP contribution in [0.4, 0.5) is 0 Å². The second-order valence-corrected chi connectivity index (χ2v) is 6.46. The Bertz CT molecular complexity index is 1060. The molecular formula is C18H13Cl2N5O. The number of benzene rings is 1. The van der Waals surface area contributed by atoms with Crippen molar-refractivity contribution in [2.45, 2.75) is 13.5 Å². The first-order valence-corrected chi connectivity index (χ1v) is 8.55. The molecule has 26 heavy (non-hydrogen) atoms. The van der Waals surface area contributed by atoms with Crippen LogP contribution in [0.25, 0.3) is 16.6 Å². The Morgan fingerprint density at radius 1 is 1.12 bits per heavy atom. The lowest BCUT2D eigenvalue weighted by molar-refractivity contribution is 0.309. The fraction of sp³-hybridized carbons (Fsp3) is 0.111. The van der Waals surface area contributed by atoms with Crippen molar-refractivity contribution in [2.75, 3.05) is 0 Å². The van der Waals surface area contributed by atoms with Crippen molar-refractivity contribution < 1.29 is 4.74 Å². The first-order chi connectivity index (χ1) is 12.6. The van der Waals surface area contributed by atoms with E-state index < -0.39 is 0 Å². The topological polar surface area (TPSA) is 65.7 Å². The van der Waals surface area contributed by atoms with Gasteiger partial charge in [-0.25, -0.2) is 14.6 Å². The van der Waals surface area contributed by atoms with Crippen molar-refractivity contribution in [1.82, 2.24) is 24.7 Å². The highest BCUT2D eigenvalue weighted by Gasteiger charge is 2.13. The molecule has 1 aromatic carbocycles. The van der Waals surface area contributed by atoms with Gasteiger partial charge in [0.1, 0.15) is 30.5 Å². The molecule has 6 nitrogen and oxygen atoms in total. The average Bonchev–Trinajstić information content (AvgIpc) is 3.15. The standard InChI is InChI=1S/C18H13Cl2N5O/c1-11-5-16(25-10-22-9-23-25)12-3-2-4-17(18(12)24-11)26-8-13-14(19)6-21-7-15(13)20/h2-7,9-10H,8H2,1H3. The molecule has 0 amide bonds. The second-order valence-electron chi connectivity index (χ2n) is 5.65. The molecule has 4 rings (SSSR count). The summed E-state index contributed by atoms with van der Waals surface area (Å²) >= 11 is 12.3. The summed E-state index contributed by atoms with van der Waals surface area (Å²) < 4.78 is 7.70. The molecule has 0 bridgehead atoms. The summed E-state index contributed by atoms with van der Waals surface area (Å²) in [7, 11) is 0. The SMILES string of the molecule is Cc1cc(-n2cncn2)c2cccc(OCc3c(Cl)cncc3Cl)c2n1. The fourth-order valence-corrected chi connectivity index (χ4v) is 3.17. The molecule has 0 atom stereocenters. The molecular weight excluding hydrogens is 373 g/mol.